The number of halogens is 6. The molecule has 0 aliphatic carbocycles. The van der Waals surface area contributed by atoms with Crippen LogP contribution in [0.4, 0.5) is 26.3 Å². The molecule has 2 aromatic rings. The third-order valence-corrected chi connectivity index (χ3v) is 3.92. The number of hydrogen-bond donors (Lipinski definition) is 0. The summed E-state index contributed by atoms with van der Waals surface area (Å²) in [4.78, 5) is 15.1. The van der Waals surface area contributed by atoms with Crippen LogP contribution in [-0.2, 0) is 12.4 Å². The maximum Gasteiger partial charge on any atom is 0.419 e. The Hall–Kier alpha value is -2.03. The molecule has 0 atom stereocenters. The van der Waals surface area contributed by atoms with E-state index in [9.17, 15) is 31.1 Å². The number of Topliss-reactive ketones (excluding diaryl/α,β-unsaturated/α-hetero) is 1. The van der Waals surface area contributed by atoms with Gasteiger partial charge in [0.2, 0.25) is 0 Å². The molecular weight excluding hydrogens is 356 g/mol. The summed E-state index contributed by atoms with van der Waals surface area (Å²) in [6.07, 6.45) is -9.62. The normalized spacial score (nSPS) is 12.2. The Morgan fingerprint density at radius 2 is 1.62 bits per heavy atom. The Balaban J connectivity index is 2.25. The summed E-state index contributed by atoms with van der Waals surface area (Å²) in [5.41, 5.74) is -2.71. The second kappa shape index (κ2) is 6.84. The molecule has 2 rings (SSSR count). The fourth-order valence-corrected chi connectivity index (χ4v) is 2.66. The Kier molecular flexibility index (Phi) is 5.22. The fraction of sp³-hybridized carbons (Fsp3) is 0.200. The lowest BCUT2D eigenvalue weighted by Crippen LogP contribution is -2.14. The third kappa shape index (κ3) is 4.50. The van der Waals surface area contributed by atoms with Crippen LogP contribution < -0.4 is 0 Å². The molecule has 0 unspecified atom stereocenters. The van der Waals surface area contributed by atoms with Crippen molar-refractivity contribution < 1.29 is 31.1 Å². The molecule has 1 aromatic heterocycles. The van der Waals surface area contributed by atoms with Gasteiger partial charge in [-0.05, 0) is 6.07 Å². The summed E-state index contributed by atoms with van der Waals surface area (Å²) in [5, 5.41) is -0.667. The van der Waals surface area contributed by atoms with Crippen molar-refractivity contribution in [3.05, 3.63) is 59.3 Å². The van der Waals surface area contributed by atoms with E-state index in [4.69, 9.17) is 0 Å². The molecule has 0 fully saturated rings. The molecule has 0 radical (unpaired) electrons. The molecule has 0 aliphatic rings. The first-order valence-corrected chi connectivity index (χ1v) is 7.43. The minimum absolute atomic E-state index is 0.00231. The molecule has 1 heterocycles. The zero-order valence-corrected chi connectivity index (χ0v) is 12.6. The maximum atomic E-state index is 13.0. The predicted octanol–water partition coefficient (Wildman–Crippen LogP) is 5.09. The minimum atomic E-state index is -5.01. The molecule has 0 spiro atoms. The van der Waals surface area contributed by atoms with E-state index >= 15 is 0 Å². The highest BCUT2D eigenvalue weighted by molar-refractivity contribution is 8.00. The summed E-state index contributed by atoms with van der Waals surface area (Å²) in [5.74, 6) is -0.818. The van der Waals surface area contributed by atoms with E-state index in [0.717, 1.165) is 0 Å². The van der Waals surface area contributed by atoms with Crippen molar-refractivity contribution in [2.75, 3.05) is 5.75 Å². The lowest BCUT2D eigenvalue weighted by molar-refractivity contribution is -0.145. The Morgan fingerprint density at radius 1 is 1.00 bits per heavy atom. The maximum absolute atomic E-state index is 13.0. The van der Waals surface area contributed by atoms with E-state index in [0.29, 0.717) is 23.5 Å². The van der Waals surface area contributed by atoms with Crippen molar-refractivity contribution in [2.24, 2.45) is 0 Å². The van der Waals surface area contributed by atoms with E-state index < -0.39 is 34.3 Å². The van der Waals surface area contributed by atoms with Crippen molar-refractivity contribution in [3.8, 4) is 0 Å². The number of thioether (sulfide) groups is 1. The zero-order chi connectivity index (χ0) is 18.0. The summed E-state index contributed by atoms with van der Waals surface area (Å²) in [6.45, 7) is 0. The van der Waals surface area contributed by atoms with Gasteiger partial charge in [-0.25, -0.2) is 4.98 Å². The number of nitrogens with zero attached hydrogens (tertiary/aromatic N) is 1. The zero-order valence-electron chi connectivity index (χ0n) is 11.8. The highest BCUT2D eigenvalue weighted by Crippen LogP contribution is 2.39. The van der Waals surface area contributed by atoms with Crippen LogP contribution in [0, 0.1) is 0 Å². The highest BCUT2D eigenvalue weighted by Gasteiger charge is 2.39. The quantitative estimate of drug-likeness (QED) is 0.429. The van der Waals surface area contributed by atoms with Crippen LogP contribution in [0.5, 0.6) is 0 Å². The van der Waals surface area contributed by atoms with E-state index in [-0.39, 0.29) is 11.8 Å². The number of pyridine rings is 1. The molecule has 0 bridgehead atoms. The van der Waals surface area contributed by atoms with Gasteiger partial charge < -0.3 is 0 Å². The number of ketones is 1. The van der Waals surface area contributed by atoms with Gasteiger partial charge in [-0.2, -0.15) is 26.3 Å². The van der Waals surface area contributed by atoms with Gasteiger partial charge in [0.05, 0.1) is 16.9 Å². The van der Waals surface area contributed by atoms with Gasteiger partial charge >= 0.3 is 12.4 Å². The molecule has 24 heavy (non-hydrogen) atoms. The van der Waals surface area contributed by atoms with Crippen molar-refractivity contribution in [3.63, 3.8) is 0 Å². The van der Waals surface area contributed by atoms with Crippen LogP contribution in [0.15, 0.2) is 47.6 Å². The molecule has 0 saturated carbocycles. The first-order chi connectivity index (χ1) is 11.1. The second-order valence-electron chi connectivity index (χ2n) is 4.65. The van der Waals surface area contributed by atoms with Gasteiger partial charge in [0.25, 0.3) is 0 Å². The van der Waals surface area contributed by atoms with Crippen LogP contribution in [0.2, 0.25) is 0 Å². The predicted molar refractivity (Wildman–Crippen MR) is 75.7 cm³/mol. The molecular formula is C15H9F6NOS. The van der Waals surface area contributed by atoms with Crippen LogP contribution in [0.3, 0.4) is 0 Å². The molecule has 0 saturated heterocycles. The Labute approximate surface area is 136 Å². The molecule has 1 aromatic carbocycles. The van der Waals surface area contributed by atoms with Crippen molar-refractivity contribution in [1.82, 2.24) is 4.98 Å². The monoisotopic (exact) mass is 365 g/mol. The van der Waals surface area contributed by atoms with E-state index in [2.05, 4.69) is 4.98 Å². The minimum Gasteiger partial charge on any atom is -0.293 e. The van der Waals surface area contributed by atoms with E-state index in [1.54, 1.807) is 18.2 Å². The smallest absolute Gasteiger partial charge is 0.293 e. The summed E-state index contributed by atoms with van der Waals surface area (Å²) >= 11 is 0.448. The van der Waals surface area contributed by atoms with Gasteiger partial charge in [0, 0.05) is 11.8 Å². The highest BCUT2D eigenvalue weighted by atomic mass is 32.2. The van der Waals surface area contributed by atoms with Crippen LogP contribution in [0.25, 0.3) is 0 Å². The third-order valence-electron chi connectivity index (χ3n) is 2.92. The molecule has 0 N–H and O–H groups in total. The van der Waals surface area contributed by atoms with Crippen LogP contribution >= 0.6 is 11.8 Å². The van der Waals surface area contributed by atoms with Gasteiger partial charge in [0.15, 0.2) is 5.78 Å². The SMILES string of the molecule is O=C(CSc1ncc(C(F)(F)F)cc1C(F)(F)F)c1ccccc1. The molecule has 0 amide bonds. The van der Waals surface area contributed by atoms with E-state index in [1.807, 2.05) is 0 Å². The average molecular weight is 365 g/mol. The lowest BCUT2D eigenvalue weighted by atomic mass is 10.2. The molecule has 0 aliphatic heterocycles. The molecule has 2 nitrogen and oxygen atoms in total. The number of benzene rings is 1. The summed E-state index contributed by atoms with van der Waals surface area (Å²) < 4.78 is 76.5. The van der Waals surface area contributed by atoms with Gasteiger partial charge in [-0.1, -0.05) is 42.1 Å². The van der Waals surface area contributed by atoms with Crippen molar-refractivity contribution >= 4 is 17.5 Å². The topological polar surface area (TPSA) is 30.0 Å². The summed E-state index contributed by atoms with van der Waals surface area (Å²) in [6, 6.07) is 7.84. The van der Waals surface area contributed by atoms with E-state index in [1.165, 1.54) is 12.1 Å². The Morgan fingerprint density at radius 3 is 2.17 bits per heavy atom. The number of carbonyl (C=O) groups is 1. The first kappa shape index (κ1) is 18.3. The lowest BCUT2D eigenvalue weighted by Gasteiger charge is -2.14. The number of alkyl halides is 6. The number of aromatic nitrogens is 1. The first-order valence-electron chi connectivity index (χ1n) is 6.44. The van der Waals surface area contributed by atoms with Gasteiger partial charge in [0.1, 0.15) is 5.03 Å². The molecule has 9 heteroatoms. The number of hydrogen-bond acceptors (Lipinski definition) is 3. The van der Waals surface area contributed by atoms with Crippen LogP contribution in [-0.4, -0.2) is 16.5 Å². The Bertz CT molecular complexity index is 727. The molecule has 128 valence electrons. The van der Waals surface area contributed by atoms with Gasteiger partial charge in [-0.3, -0.25) is 4.79 Å². The average Bonchev–Trinajstić information content (AvgIpc) is 2.51. The largest absolute Gasteiger partial charge is 0.419 e. The van der Waals surface area contributed by atoms with Gasteiger partial charge in [-0.15, -0.1) is 0 Å². The van der Waals surface area contributed by atoms with Crippen molar-refractivity contribution in [1.29, 1.82) is 0 Å². The standard InChI is InChI=1S/C15H9F6NOS/c16-14(17,18)10-6-11(15(19,20)21)13(22-7-10)24-8-12(23)9-4-2-1-3-5-9/h1-7H,8H2. The van der Waals surface area contributed by atoms with Crippen LogP contribution in [0.1, 0.15) is 21.5 Å². The van der Waals surface area contributed by atoms with Crippen molar-refractivity contribution in [2.45, 2.75) is 17.4 Å². The summed E-state index contributed by atoms with van der Waals surface area (Å²) in [7, 11) is 0. The number of carbonyl (C=O) groups excluding carboxylic acids is 1. The fourth-order valence-electron chi connectivity index (χ4n) is 1.77. The second-order valence-corrected chi connectivity index (χ2v) is 5.61. The number of rotatable bonds is 4.